The zero-order valence-electron chi connectivity index (χ0n) is 23.1. The number of ether oxygens (including phenoxy) is 3. The molecule has 0 spiro atoms. The largest absolute Gasteiger partial charge is 0.494 e. The van der Waals surface area contributed by atoms with Gasteiger partial charge in [0.1, 0.15) is 41.0 Å². The van der Waals surface area contributed by atoms with Crippen LogP contribution in [-0.2, 0) is 4.79 Å². The van der Waals surface area contributed by atoms with E-state index in [0.29, 0.717) is 33.9 Å². The normalized spacial score (nSPS) is 15.5. The fourth-order valence-corrected chi connectivity index (χ4v) is 4.89. The van der Waals surface area contributed by atoms with Gasteiger partial charge in [0.15, 0.2) is 5.83 Å². The van der Waals surface area contributed by atoms with Crippen molar-refractivity contribution in [1.82, 2.24) is 14.9 Å². The van der Waals surface area contributed by atoms with Gasteiger partial charge in [-0.2, -0.15) is 0 Å². The lowest BCUT2D eigenvalue weighted by Crippen LogP contribution is -2.24. The lowest BCUT2D eigenvalue weighted by atomic mass is 10.1. The third kappa shape index (κ3) is 6.37. The smallest absolute Gasteiger partial charge is 0.284 e. The fourth-order valence-electron chi connectivity index (χ4n) is 4.69. The summed E-state index contributed by atoms with van der Waals surface area (Å²) < 4.78 is 45.2. The van der Waals surface area contributed by atoms with E-state index in [0.717, 1.165) is 19.4 Å². The number of hydrogen-bond acceptors (Lipinski definition) is 8. The Morgan fingerprint density at radius 1 is 1.07 bits per heavy atom. The van der Waals surface area contributed by atoms with Gasteiger partial charge in [-0.05, 0) is 56.8 Å². The van der Waals surface area contributed by atoms with Crippen molar-refractivity contribution in [3.8, 4) is 23.0 Å². The Morgan fingerprint density at radius 2 is 1.86 bits per heavy atom. The molecule has 9 nitrogen and oxygen atoms in total. The number of aromatic nitrogens is 2. The van der Waals surface area contributed by atoms with Crippen LogP contribution in [0.2, 0.25) is 5.02 Å². The van der Waals surface area contributed by atoms with Gasteiger partial charge < -0.3 is 24.8 Å². The molecule has 1 aromatic heterocycles. The highest BCUT2D eigenvalue weighted by Gasteiger charge is 2.22. The molecule has 0 radical (unpaired) electrons. The predicted octanol–water partition coefficient (Wildman–Crippen LogP) is 6.86. The number of anilines is 3. The molecule has 1 amide bonds. The first kappa shape index (κ1) is 29.0. The SMILES string of the molecule is COc1cc2ncnc(Nc3cc(Cl)c(Oc4cccc(F)c4)cc3OC)c2cc1NC(=O)/C(F)=C\C1CCCN1C. The number of rotatable bonds is 9. The van der Waals surface area contributed by atoms with Crippen LogP contribution in [0.3, 0.4) is 0 Å². The van der Waals surface area contributed by atoms with Crippen molar-refractivity contribution in [3.05, 3.63) is 77.6 Å². The minimum absolute atomic E-state index is 0.133. The molecule has 1 saturated heterocycles. The molecule has 4 aromatic rings. The number of likely N-dealkylation sites (tertiary alicyclic amines) is 1. The number of hydrogen-bond donors (Lipinski definition) is 2. The number of nitrogens with one attached hydrogen (secondary N) is 2. The van der Waals surface area contributed by atoms with Gasteiger partial charge in [-0.25, -0.2) is 18.7 Å². The first-order valence-electron chi connectivity index (χ1n) is 13.1. The molecule has 12 heteroatoms. The maximum absolute atomic E-state index is 14.8. The van der Waals surface area contributed by atoms with Gasteiger partial charge in [-0.1, -0.05) is 17.7 Å². The standard InChI is InChI=1S/C30H28ClF2N5O4/c1-38-9-5-7-18(38)11-22(33)30(39)37-24-12-20-23(14-27(24)40-2)34-16-35-29(20)36-25-13-21(31)26(15-28(25)41-3)42-19-8-4-6-17(32)10-19/h4,6,8,10-16,18H,5,7,9H2,1-3H3,(H,37,39)(H,34,35,36)/b22-11+. The van der Waals surface area contributed by atoms with Crippen molar-refractivity contribution in [3.63, 3.8) is 0 Å². The van der Waals surface area contributed by atoms with Crippen LogP contribution in [-0.4, -0.2) is 54.6 Å². The third-order valence-electron chi connectivity index (χ3n) is 6.87. The molecule has 42 heavy (non-hydrogen) atoms. The maximum Gasteiger partial charge on any atom is 0.284 e. The van der Waals surface area contributed by atoms with Crippen LogP contribution in [0.5, 0.6) is 23.0 Å². The Bertz CT molecular complexity index is 1670. The molecule has 1 aliphatic rings. The average molecular weight is 596 g/mol. The minimum Gasteiger partial charge on any atom is -0.494 e. The first-order valence-corrected chi connectivity index (χ1v) is 13.4. The Kier molecular flexibility index (Phi) is 8.69. The Balaban J connectivity index is 1.44. The lowest BCUT2D eigenvalue weighted by Gasteiger charge is -2.17. The summed E-state index contributed by atoms with van der Waals surface area (Å²) in [7, 11) is 4.81. The molecule has 0 bridgehead atoms. The van der Waals surface area contributed by atoms with Crippen LogP contribution < -0.4 is 24.8 Å². The number of benzene rings is 3. The van der Waals surface area contributed by atoms with Crippen LogP contribution >= 0.6 is 11.6 Å². The number of carbonyl (C=O) groups excluding carboxylic acids is 1. The number of halogens is 3. The topological polar surface area (TPSA) is 97.8 Å². The van der Waals surface area contributed by atoms with Crippen LogP contribution in [0.25, 0.3) is 10.9 Å². The van der Waals surface area contributed by atoms with Crippen molar-refractivity contribution in [1.29, 1.82) is 0 Å². The number of likely N-dealkylation sites (N-methyl/N-ethyl adjacent to an activating group) is 1. The molecular weight excluding hydrogens is 568 g/mol. The van der Waals surface area contributed by atoms with Gasteiger partial charge in [0.2, 0.25) is 0 Å². The summed E-state index contributed by atoms with van der Waals surface area (Å²) in [5.41, 5.74) is 1.19. The second-order valence-electron chi connectivity index (χ2n) is 9.62. The summed E-state index contributed by atoms with van der Waals surface area (Å²) in [6, 6.07) is 11.9. The highest BCUT2D eigenvalue weighted by Crippen LogP contribution is 2.41. The summed E-state index contributed by atoms with van der Waals surface area (Å²) in [4.78, 5) is 23.4. The molecule has 1 fully saturated rings. The Morgan fingerprint density at radius 3 is 2.57 bits per heavy atom. The van der Waals surface area contributed by atoms with Crippen LogP contribution in [0.15, 0.2) is 66.8 Å². The van der Waals surface area contributed by atoms with Gasteiger partial charge in [0.05, 0.1) is 36.1 Å². The van der Waals surface area contributed by atoms with Crippen LogP contribution in [0.1, 0.15) is 12.8 Å². The van der Waals surface area contributed by atoms with Gasteiger partial charge >= 0.3 is 0 Å². The van der Waals surface area contributed by atoms with E-state index in [2.05, 4.69) is 20.6 Å². The molecule has 2 heterocycles. The van der Waals surface area contributed by atoms with Crippen molar-refractivity contribution in [2.24, 2.45) is 0 Å². The van der Waals surface area contributed by atoms with Crippen LogP contribution in [0.4, 0.5) is 26.0 Å². The molecular formula is C30H28ClF2N5O4. The lowest BCUT2D eigenvalue weighted by molar-refractivity contribution is -0.114. The zero-order valence-corrected chi connectivity index (χ0v) is 23.8. The number of carbonyl (C=O) groups is 1. The average Bonchev–Trinajstić information content (AvgIpc) is 3.38. The number of nitrogens with zero attached hydrogens (tertiary/aromatic N) is 3. The molecule has 3 aromatic carbocycles. The number of fused-ring (bicyclic) bond motifs is 1. The van der Waals surface area contributed by atoms with Crippen molar-refractivity contribution in [2.75, 3.05) is 38.4 Å². The highest BCUT2D eigenvalue weighted by molar-refractivity contribution is 6.32. The summed E-state index contributed by atoms with van der Waals surface area (Å²) in [5, 5.41) is 6.52. The monoisotopic (exact) mass is 595 g/mol. The van der Waals surface area contributed by atoms with Crippen LogP contribution in [0, 0.1) is 5.82 Å². The quantitative estimate of drug-likeness (QED) is 0.203. The van der Waals surface area contributed by atoms with E-state index in [-0.39, 0.29) is 28.3 Å². The fraction of sp³-hybridized carbons (Fsp3) is 0.233. The van der Waals surface area contributed by atoms with Crippen molar-refractivity contribution >= 4 is 45.6 Å². The first-order chi connectivity index (χ1) is 20.2. The van der Waals surface area contributed by atoms with E-state index in [9.17, 15) is 13.6 Å². The van der Waals surface area contributed by atoms with Gasteiger partial charge in [0.25, 0.3) is 5.91 Å². The molecule has 218 valence electrons. The zero-order chi connectivity index (χ0) is 29.8. The third-order valence-corrected chi connectivity index (χ3v) is 7.16. The van der Waals surface area contributed by atoms with Crippen molar-refractivity contribution in [2.45, 2.75) is 18.9 Å². The molecule has 0 aliphatic carbocycles. The Labute approximate surface area is 246 Å². The Hall–Kier alpha value is -4.48. The summed E-state index contributed by atoms with van der Waals surface area (Å²) in [6.07, 6.45) is 4.43. The molecule has 2 N–H and O–H groups in total. The van der Waals surface area contributed by atoms with Gasteiger partial charge in [-0.3, -0.25) is 9.69 Å². The maximum atomic E-state index is 14.8. The van der Waals surface area contributed by atoms with Crippen molar-refractivity contribution < 1.29 is 27.8 Å². The number of methoxy groups -OCH3 is 2. The minimum atomic E-state index is -0.887. The predicted molar refractivity (Wildman–Crippen MR) is 157 cm³/mol. The highest BCUT2D eigenvalue weighted by atomic mass is 35.5. The van der Waals surface area contributed by atoms with E-state index in [4.69, 9.17) is 25.8 Å². The molecule has 1 unspecified atom stereocenters. The second-order valence-corrected chi connectivity index (χ2v) is 10.0. The van der Waals surface area contributed by atoms with E-state index < -0.39 is 17.6 Å². The van der Waals surface area contributed by atoms with Gasteiger partial charge in [-0.15, -0.1) is 0 Å². The number of amides is 1. The van der Waals surface area contributed by atoms with Gasteiger partial charge in [0, 0.05) is 29.6 Å². The van der Waals surface area contributed by atoms with E-state index in [1.165, 1.54) is 44.8 Å². The summed E-state index contributed by atoms with van der Waals surface area (Å²) >= 11 is 6.50. The molecule has 5 rings (SSSR count). The second kappa shape index (κ2) is 12.6. The van der Waals surface area contributed by atoms with E-state index >= 15 is 0 Å². The summed E-state index contributed by atoms with van der Waals surface area (Å²) in [6.45, 7) is 0.850. The van der Waals surface area contributed by atoms with E-state index in [1.54, 1.807) is 30.3 Å². The molecule has 0 saturated carbocycles. The molecule has 1 aliphatic heterocycles. The summed E-state index contributed by atoms with van der Waals surface area (Å²) in [5.74, 6) is -0.668. The van der Waals surface area contributed by atoms with E-state index in [1.807, 2.05) is 11.9 Å². The molecule has 1 atom stereocenters.